The van der Waals surface area contributed by atoms with Gasteiger partial charge in [0.1, 0.15) is 0 Å². The summed E-state index contributed by atoms with van der Waals surface area (Å²) in [4.78, 5) is 17.9. The number of hydrogen-bond donors (Lipinski definition) is 1. The van der Waals surface area contributed by atoms with Crippen LogP contribution in [0.5, 0.6) is 0 Å². The van der Waals surface area contributed by atoms with Crippen LogP contribution in [0, 0.1) is 26.2 Å². The first-order chi connectivity index (χ1) is 15.8. The van der Waals surface area contributed by atoms with Crippen molar-refractivity contribution < 1.29 is 13.2 Å². The van der Waals surface area contributed by atoms with Crippen molar-refractivity contribution in [1.29, 1.82) is 0 Å². The molecule has 0 atom stereocenters. The zero-order valence-corrected chi connectivity index (χ0v) is 19.7. The molecule has 0 saturated heterocycles. The molecule has 0 fully saturated rings. The van der Waals surface area contributed by atoms with Crippen LogP contribution in [0.2, 0.25) is 0 Å². The van der Waals surface area contributed by atoms with Crippen LogP contribution in [0.1, 0.15) is 21.5 Å². The average Bonchev–Trinajstić information content (AvgIpc) is 3.10. The molecule has 0 saturated carbocycles. The monoisotopic (exact) mass is 475 g/mol. The van der Waals surface area contributed by atoms with E-state index in [9.17, 15) is 13.2 Å². The van der Waals surface area contributed by atoms with Gasteiger partial charge in [-0.2, -0.15) is 4.99 Å². The molecular formula is C25H21N3O3S2. The van der Waals surface area contributed by atoms with Gasteiger partial charge in [0, 0.05) is 11.3 Å². The number of aryl methyl sites for hydroxylation is 2. The van der Waals surface area contributed by atoms with Gasteiger partial charge in [-0.05, 0) is 67.4 Å². The zero-order valence-electron chi connectivity index (χ0n) is 18.1. The lowest BCUT2D eigenvalue weighted by molar-refractivity contribution is 0.0998. The molecule has 0 aliphatic rings. The van der Waals surface area contributed by atoms with E-state index in [4.69, 9.17) is 6.42 Å². The highest BCUT2D eigenvalue weighted by molar-refractivity contribution is 7.92. The Labute approximate surface area is 196 Å². The summed E-state index contributed by atoms with van der Waals surface area (Å²) < 4.78 is 30.5. The molecule has 33 heavy (non-hydrogen) atoms. The highest BCUT2D eigenvalue weighted by Gasteiger charge is 2.15. The first-order valence-corrected chi connectivity index (χ1v) is 12.4. The fourth-order valence-corrected chi connectivity index (χ4v) is 5.51. The smallest absolute Gasteiger partial charge is 0.279 e. The quantitative estimate of drug-likeness (QED) is 0.432. The number of thiazole rings is 1. The highest BCUT2D eigenvalue weighted by atomic mass is 32.2. The van der Waals surface area contributed by atoms with Crippen molar-refractivity contribution in [1.82, 2.24) is 4.57 Å². The number of sulfonamides is 1. The van der Waals surface area contributed by atoms with Crippen LogP contribution in [0.4, 0.5) is 5.69 Å². The van der Waals surface area contributed by atoms with Crippen LogP contribution in [-0.4, -0.2) is 18.9 Å². The van der Waals surface area contributed by atoms with E-state index in [-0.39, 0.29) is 22.7 Å². The number of hydrogen-bond acceptors (Lipinski definition) is 4. The van der Waals surface area contributed by atoms with E-state index in [1.165, 1.54) is 29.5 Å². The topological polar surface area (TPSA) is 80.5 Å². The predicted octanol–water partition coefficient (Wildman–Crippen LogP) is 4.49. The summed E-state index contributed by atoms with van der Waals surface area (Å²) in [6, 6.07) is 18.4. The van der Waals surface area contributed by atoms with Gasteiger partial charge in [-0.3, -0.25) is 9.52 Å². The van der Waals surface area contributed by atoms with Gasteiger partial charge in [0.25, 0.3) is 15.9 Å². The number of rotatable bonds is 5. The Morgan fingerprint density at radius 3 is 2.52 bits per heavy atom. The fraction of sp³-hybridized carbons (Fsp3) is 0.120. The first kappa shape index (κ1) is 22.5. The lowest BCUT2D eigenvalue weighted by Crippen LogP contribution is -2.17. The molecule has 166 valence electrons. The van der Waals surface area contributed by atoms with Gasteiger partial charge in [0.2, 0.25) is 0 Å². The van der Waals surface area contributed by atoms with Crippen LogP contribution < -0.4 is 9.52 Å². The van der Waals surface area contributed by atoms with Crippen molar-refractivity contribution >= 4 is 43.2 Å². The second kappa shape index (κ2) is 9.06. The van der Waals surface area contributed by atoms with Crippen LogP contribution >= 0.6 is 11.3 Å². The molecule has 4 rings (SSSR count). The summed E-state index contributed by atoms with van der Waals surface area (Å²) in [5.41, 5.74) is 3.74. The maximum absolute atomic E-state index is 13.0. The van der Waals surface area contributed by atoms with Crippen molar-refractivity contribution in [3.63, 3.8) is 0 Å². The summed E-state index contributed by atoms with van der Waals surface area (Å²) in [5.74, 6) is 2.14. The Kier molecular flexibility index (Phi) is 6.18. The summed E-state index contributed by atoms with van der Waals surface area (Å²) in [6.45, 7) is 4.34. The third kappa shape index (κ3) is 4.75. The second-order valence-electron chi connectivity index (χ2n) is 7.50. The van der Waals surface area contributed by atoms with E-state index in [0.717, 1.165) is 21.3 Å². The third-order valence-corrected chi connectivity index (χ3v) is 7.60. The van der Waals surface area contributed by atoms with E-state index in [2.05, 4.69) is 21.7 Å². The minimum atomic E-state index is -3.77. The molecule has 0 aliphatic heterocycles. The molecule has 8 heteroatoms. The number of carbonyl (C=O) groups is 1. The third-order valence-electron chi connectivity index (χ3n) is 5.16. The van der Waals surface area contributed by atoms with E-state index in [1.54, 1.807) is 36.4 Å². The normalized spacial score (nSPS) is 12.0. The fourth-order valence-electron chi connectivity index (χ4n) is 3.33. The molecule has 1 N–H and O–H groups in total. The van der Waals surface area contributed by atoms with Gasteiger partial charge in [-0.25, -0.2) is 8.42 Å². The van der Waals surface area contributed by atoms with Crippen LogP contribution in [-0.2, 0) is 16.6 Å². The van der Waals surface area contributed by atoms with E-state index >= 15 is 0 Å². The molecule has 6 nitrogen and oxygen atoms in total. The lowest BCUT2D eigenvalue weighted by Gasteiger charge is -2.08. The zero-order chi connectivity index (χ0) is 23.6. The molecule has 0 radical (unpaired) electrons. The maximum atomic E-state index is 13.0. The number of nitrogens with one attached hydrogen (secondary N) is 1. The van der Waals surface area contributed by atoms with Gasteiger partial charge >= 0.3 is 0 Å². The molecular weight excluding hydrogens is 454 g/mol. The number of benzene rings is 3. The minimum Gasteiger partial charge on any atom is -0.305 e. The van der Waals surface area contributed by atoms with Gasteiger partial charge in [0.05, 0.1) is 21.7 Å². The molecule has 0 spiro atoms. The summed E-state index contributed by atoms with van der Waals surface area (Å²) in [6.07, 6.45) is 5.56. The van der Waals surface area contributed by atoms with Crippen LogP contribution in [0.15, 0.2) is 76.6 Å². The summed E-state index contributed by atoms with van der Waals surface area (Å²) in [5, 5.41) is 0. The molecule has 1 aromatic heterocycles. The van der Waals surface area contributed by atoms with Gasteiger partial charge in [0.15, 0.2) is 4.80 Å². The van der Waals surface area contributed by atoms with Crippen molar-refractivity contribution in [3.05, 3.63) is 88.2 Å². The predicted molar refractivity (Wildman–Crippen MR) is 132 cm³/mol. The number of anilines is 1. The number of terminal acetylenes is 1. The Balaban J connectivity index is 1.71. The van der Waals surface area contributed by atoms with Crippen molar-refractivity contribution in [2.24, 2.45) is 4.99 Å². The second-order valence-corrected chi connectivity index (χ2v) is 10.2. The summed E-state index contributed by atoms with van der Waals surface area (Å²) >= 11 is 1.39. The number of nitrogens with zero attached hydrogens (tertiary/aromatic N) is 2. The van der Waals surface area contributed by atoms with Crippen molar-refractivity contribution in [3.8, 4) is 12.3 Å². The minimum absolute atomic E-state index is 0.137. The molecule has 0 unspecified atom stereocenters. The Hall–Kier alpha value is -3.67. The number of fused-ring (bicyclic) bond motifs is 1. The van der Waals surface area contributed by atoms with E-state index < -0.39 is 15.9 Å². The molecule has 0 aliphatic carbocycles. The summed E-state index contributed by atoms with van der Waals surface area (Å²) in [7, 11) is -3.77. The number of amides is 1. The van der Waals surface area contributed by atoms with E-state index in [0.29, 0.717) is 4.80 Å². The first-order valence-electron chi connectivity index (χ1n) is 10.1. The van der Waals surface area contributed by atoms with Gasteiger partial charge in [-0.15, -0.1) is 6.42 Å². The Bertz CT molecular complexity index is 1570. The average molecular weight is 476 g/mol. The lowest BCUT2D eigenvalue weighted by atomic mass is 10.1. The standard InChI is InChI=1S/C25H21N3O3S2/c1-4-13-28-22-14-17(2)18(3)15-23(22)32-25(28)26-24(29)19-9-8-10-20(16-19)27-33(30,31)21-11-6-5-7-12-21/h1,5-12,14-16,27H,13H2,2-3H3. The van der Waals surface area contributed by atoms with Crippen LogP contribution in [0.3, 0.4) is 0 Å². The van der Waals surface area contributed by atoms with Crippen LogP contribution in [0.25, 0.3) is 10.2 Å². The molecule has 1 heterocycles. The van der Waals surface area contributed by atoms with Crippen molar-refractivity contribution in [2.75, 3.05) is 4.72 Å². The van der Waals surface area contributed by atoms with E-state index in [1.807, 2.05) is 24.5 Å². The van der Waals surface area contributed by atoms with Gasteiger partial charge < -0.3 is 4.57 Å². The maximum Gasteiger partial charge on any atom is 0.279 e. The largest absolute Gasteiger partial charge is 0.305 e. The van der Waals surface area contributed by atoms with Crippen molar-refractivity contribution in [2.45, 2.75) is 25.3 Å². The number of aromatic nitrogens is 1. The highest BCUT2D eigenvalue weighted by Crippen LogP contribution is 2.22. The Morgan fingerprint density at radius 2 is 1.79 bits per heavy atom. The molecule has 3 aromatic carbocycles. The number of carbonyl (C=O) groups excluding carboxylic acids is 1. The SMILES string of the molecule is C#CCn1c(=NC(=O)c2cccc(NS(=O)(=O)c3ccccc3)c2)sc2cc(C)c(C)cc21. The Morgan fingerprint density at radius 1 is 1.06 bits per heavy atom. The molecule has 1 amide bonds. The molecule has 0 bridgehead atoms. The molecule has 4 aromatic rings. The van der Waals surface area contributed by atoms with Gasteiger partial charge in [-0.1, -0.05) is 41.5 Å².